The molecule has 28 heavy (non-hydrogen) atoms. The van der Waals surface area contributed by atoms with Gasteiger partial charge >= 0.3 is 18.0 Å². The minimum atomic E-state index is -6.51. The Morgan fingerprint density at radius 1 is 0.857 bits per heavy atom. The molecule has 162 valence electrons. The van der Waals surface area contributed by atoms with Crippen molar-refractivity contribution in [1.82, 2.24) is 25.9 Å². The number of amides is 1. The highest BCUT2D eigenvalue weighted by Crippen LogP contribution is 2.46. The molecule has 1 rings (SSSR count). The Morgan fingerprint density at radius 2 is 1.39 bits per heavy atom. The molecule has 0 aliphatic carbocycles. The molecule has 0 atom stereocenters. The van der Waals surface area contributed by atoms with Crippen molar-refractivity contribution in [2.75, 3.05) is 6.54 Å². The topological polar surface area (TPSA) is 83.6 Å². The normalized spacial score (nSPS) is 13.0. The maximum Gasteiger partial charge on any atom is 0.460 e. The van der Waals surface area contributed by atoms with Crippen LogP contribution in [-0.2, 0) is 11.2 Å². The third kappa shape index (κ3) is 6.89. The van der Waals surface area contributed by atoms with Crippen LogP contribution >= 0.6 is 0 Å². The summed E-state index contributed by atoms with van der Waals surface area (Å²) in [4.78, 5) is 11.0. The fourth-order valence-corrected chi connectivity index (χ4v) is 2.40. The van der Waals surface area contributed by atoms with E-state index in [0.29, 0.717) is 6.42 Å². The molecule has 13 heteroatoms. The number of carbonyl (C=O) groups is 1. The molecule has 0 aromatic carbocycles. The lowest BCUT2D eigenvalue weighted by Gasteiger charge is -2.27. The second-order valence-electron chi connectivity index (χ2n) is 6.33. The summed E-state index contributed by atoms with van der Waals surface area (Å²) >= 11 is 0. The van der Waals surface area contributed by atoms with Gasteiger partial charge in [-0.05, 0) is 23.3 Å². The first-order valence-corrected chi connectivity index (χ1v) is 8.83. The predicted octanol–water partition coefficient (Wildman–Crippen LogP) is 3.81. The molecule has 0 unspecified atom stereocenters. The first kappa shape index (κ1) is 24.1. The van der Waals surface area contributed by atoms with Crippen molar-refractivity contribution >= 4 is 5.91 Å². The number of halogens is 7. The first-order valence-electron chi connectivity index (χ1n) is 8.83. The minimum Gasteiger partial charge on any atom is -0.351 e. The van der Waals surface area contributed by atoms with Crippen molar-refractivity contribution in [1.29, 1.82) is 0 Å². The number of hydrogen-bond donors (Lipinski definition) is 2. The Bertz CT molecular complexity index is 578. The van der Waals surface area contributed by atoms with E-state index in [1.54, 1.807) is 0 Å². The second kappa shape index (κ2) is 10.6. The SMILES string of the molecule is O=C(NCCCCCCCCCCc1nnn[nH]1)C(F)(F)C(F)(F)C(F)(F)F. The van der Waals surface area contributed by atoms with Crippen LogP contribution in [0.4, 0.5) is 30.7 Å². The van der Waals surface area contributed by atoms with Gasteiger partial charge in [0.25, 0.3) is 5.91 Å². The third-order valence-electron chi connectivity index (χ3n) is 4.05. The van der Waals surface area contributed by atoms with Gasteiger partial charge in [0.05, 0.1) is 0 Å². The van der Waals surface area contributed by atoms with Gasteiger partial charge in [-0.15, -0.1) is 5.10 Å². The third-order valence-corrected chi connectivity index (χ3v) is 4.05. The zero-order valence-corrected chi connectivity index (χ0v) is 15.0. The number of aromatic amines is 1. The van der Waals surface area contributed by atoms with Gasteiger partial charge < -0.3 is 5.32 Å². The van der Waals surface area contributed by atoms with Crippen LogP contribution < -0.4 is 5.32 Å². The monoisotopic (exact) mass is 421 g/mol. The maximum atomic E-state index is 13.1. The van der Waals surface area contributed by atoms with Crippen LogP contribution in [0.25, 0.3) is 0 Å². The highest BCUT2D eigenvalue weighted by molar-refractivity contribution is 5.84. The van der Waals surface area contributed by atoms with E-state index in [0.717, 1.165) is 50.8 Å². The number of unbranched alkanes of at least 4 members (excludes halogenated alkanes) is 7. The molecule has 0 aliphatic heterocycles. The lowest BCUT2D eigenvalue weighted by molar-refractivity contribution is -0.344. The van der Waals surface area contributed by atoms with Crippen molar-refractivity contribution in [3.8, 4) is 0 Å². The summed E-state index contributed by atoms with van der Waals surface area (Å²) in [6.45, 7) is -0.395. The molecule has 0 saturated heterocycles. The predicted molar refractivity (Wildman–Crippen MR) is 83.8 cm³/mol. The lowest BCUT2D eigenvalue weighted by Crippen LogP contribution is -2.59. The Kier molecular flexibility index (Phi) is 9.08. The van der Waals surface area contributed by atoms with Crippen LogP contribution in [0, 0.1) is 0 Å². The van der Waals surface area contributed by atoms with Crippen LogP contribution in [0.5, 0.6) is 0 Å². The molecule has 0 radical (unpaired) electrons. The number of tetrazole rings is 1. The molecule has 1 heterocycles. The fourth-order valence-electron chi connectivity index (χ4n) is 2.40. The number of aromatic nitrogens is 4. The maximum absolute atomic E-state index is 13.1. The lowest BCUT2D eigenvalue weighted by atomic mass is 10.1. The van der Waals surface area contributed by atoms with E-state index in [1.807, 2.05) is 0 Å². The average molecular weight is 421 g/mol. The molecule has 0 aliphatic rings. The number of aryl methyl sites for hydroxylation is 1. The highest BCUT2D eigenvalue weighted by Gasteiger charge is 2.76. The smallest absolute Gasteiger partial charge is 0.351 e. The summed E-state index contributed by atoms with van der Waals surface area (Å²) in [6, 6.07) is 0. The molecule has 0 bridgehead atoms. The summed E-state index contributed by atoms with van der Waals surface area (Å²) < 4.78 is 87.5. The van der Waals surface area contributed by atoms with Crippen LogP contribution in [-0.4, -0.2) is 51.1 Å². The van der Waals surface area contributed by atoms with Crippen molar-refractivity contribution in [3.63, 3.8) is 0 Å². The molecule has 1 amide bonds. The zero-order chi connectivity index (χ0) is 21.3. The summed E-state index contributed by atoms with van der Waals surface area (Å²) in [5.74, 6) is -14.2. The molecule has 1 aromatic heterocycles. The van der Waals surface area contributed by atoms with Gasteiger partial charge in [0.15, 0.2) is 0 Å². The summed E-state index contributed by atoms with van der Waals surface area (Å²) in [7, 11) is 0. The van der Waals surface area contributed by atoms with E-state index in [4.69, 9.17) is 0 Å². The van der Waals surface area contributed by atoms with Gasteiger partial charge in [-0.3, -0.25) is 4.79 Å². The van der Waals surface area contributed by atoms with Gasteiger partial charge in [0, 0.05) is 13.0 Å². The second-order valence-corrected chi connectivity index (χ2v) is 6.33. The fraction of sp³-hybridized carbons (Fsp3) is 0.867. The van der Waals surface area contributed by atoms with Crippen LogP contribution in [0.15, 0.2) is 0 Å². The van der Waals surface area contributed by atoms with E-state index in [-0.39, 0.29) is 6.42 Å². The van der Waals surface area contributed by atoms with Gasteiger partial charge in [-0.2, -0.15) is 30.7 Å². The van der Waals surface area contributed by atoms with Crippen LogP contribution in [0.1, 0.15) is 57.2 Å². The summed E-state index contributed by atoms with van der Waals surface area (Å²) in [6.07, 6.45) is 0.414. The molecule has 1 aromatic rings. The number of rotatable bonds is 13. The number of carbonyl (C=O) groups excluding carboxylic acids is 1. The Hall–Kier alpha value is -1.95. The molecule has 6 nitrogen and oxygen atoms in total. The summed E-state index contributed by atoms with van der Waals surface area (Å²) in [5, 5.41) is 14.8. The molecule has 2 N–H and O–H groups in total. The standard InChI is InChI=1S/C15H22F7N5O/c16-13(17,14(18,19)15(20,21)22)12(28)23-10-8-6-4-2-1-3-5-7-9-11-24-26-27-25-11/h1-10H2,(H,23,28)(H,24,25,26,27). The van der Waals surface area contributed by atoms with Gasteiger partial charge in [0.1, 0.15) is 5.82 Å². The van der Waals surface area contributed by atoms with Crippen molar-refractivity contribution in [3.05, 3.63) is 5.82 Å². The first-order chi connectivity index (χ1) is 13.0. The number of nitrogens with zero attached hydrogens (tertiary/aromatic N) is 3. The van der Waals surface area contributed by atoms with Crippen molar-refractivity contribution in [2.45, 2.75) is 75.8 Å². The van der Waals surface area contributed by atoms with Gasteiger partial charge in [-0.25, -0.2) is 5.10 Å². The van der Waals surface area contributed by atoms with Gasteiger partial charge in [0.2, 0.25) is 0 Å². The van der Waals surface area contributed by atoms with Crippen LogP contribution in [0.3, 0.4) is 0 Å². The molecule has 0 spiro atoms. The number of hydrogen-bond acceptors (Lipinski definition) is 4. The van der Waals surface area contributed by atoms with Crippen molar-refractivity contribution in [2.24, 2.45) is 0 Å². The number of alkyl halides is 7. The summed E-state index contributed by atoms with van der Waals surface area (Å²) in [5.41, 5.74) is 0. The van der Waals surface area contributed by atoms with E-state index < -0.39 is 30.5 Å². The number of nitrogens with one attached hydrogen (secondary N) is 2. The van der Waals surface area contributed by atoms with E-state index >= 15 is 0 Å². The van der Waals surface area contributed by atoms with E-state index in [9.17, 15) is 35.5 Å². The molecule has 0 fully saturated rings. The largest absolute Gasteiger partial charge is 0.460 e. The molecular weight excluding hydrogens is 399 g/mol. The Morgan fingerprint density at radius 3 is 1.89 bits per heavy atom. The molecular formula is C15H22F7N5O. The zero-order valence-electron chi connectivity index (χ0n) is 15.0. The van der Waals surface area contributed by atoms with Gasteiger partial charge in [-0.1, -0.05) is 38.5 Å². The van der Waals surface area contributed by atoms with E-state index in [2.05, 4.69) is 20.6 Å². The Labute approximate surface area is 156 Å². The minimum absolute atomic E-state index is 0.206. The quantitative estimate of drug-likeness (QED) is 0.375. The van der Waals surface area contributed by atoms with E-state index in [1.165, 1.54) is 5.32 Å². The van der Waals surface area contributed by atoms with Crippen LogP contribution in [0.2, 0.25) is 0 Å². The molecule has 0 saturated carbocycles. The highest BCUT2D eigenvalue weighted by atomic mass is 19.4. The average Bonchev–Trinajstić information content (AvgIpc) is 3.11. The Balaban J connectivity index is 2.06. The number of H-pyrrole nitrogens is 1. The van der Waals surface area contributed by atoms with Crippen molar-refractivity contribution < 1.29 is 35.5 Å².